The van der Waals surface area contributed by atoms with Crippen LogP contribution in [-0.4, -0.2) is 43.2 Å². The average molecular weight is 481 g/mol. The van der Waals surface area contributed by atoms with Crippen molar-refractivity contribution in [2.45, 2.75) is 13.5 Å². The largest absolute Gasteiger partial charge is 0.459 e. The van der Waals surface area contributed by atoms with E-state index in [2.05, 4.69) is 66.6 Å². The second-order valence-electron chi connectivity index (χ2n) is 7.55. The van der Waals surface area contributed by atoms with Crippen molar-refractivity contribution in [2.24, 2.45) is 5.10 Å². The van der Waals surface area contributed by atoms with Crippen LogP contribution in [-0.2, 0) is 6.54 Å². The molecule has 1 saturated heterocycles. The lowest BCUT2D eigenvalue weighted by atomic mass is 10.1. The average Bonchev–Trinajstić information content (AvgIpc) is 3.12. The van der Waals surface area contributed by atoms with Gasteiger partial charge in [-0.15, -0.1) is 0 Å². The quantitative estimate of drug-likeness (QED) is 0.418. The van der Waals surface area contributed by atoms with Crippen molar-refractivity contribution in [1.82, 2.24) is 10.3 Å². The van der Waals surface area contributed by atoms with E-state index in [-0.39, 0.29) is 5.91 Å². The maximum absolute atomic E-state index is 12.3. The van der Waals surface area contributed by atoms with E-state index >= 15 is 0 Å². The summed E-state index contributed by atoms with van der Waals surface area (Å²) in [5, 5.41) is 3.97. The minimum atomic E-state index is -0.249. The Kier molecular flexibility index (Phi) is 6.84. The molecular weight excluding hydrogens is 456 g/mol. The molecule has 4 rings (SSSR count). The number of piperazine rings is 1. The topological polar surface area (TPSA) is 61.1 Å². The van der Waals surface area contributed by atoms with Gasteiger partial charge in [-0.1, -0.05) is 30.3 Å². The number of anilines is 1. The summed E-state index contributed by atoms with van der Waals surface area (Å²) < 4.78 is 6.34. The van der Waals surface area contributed by atoms with E-state index in [1.807, 2.05) is 31.2 Å². The number of halogens is 1. The van der Waals surface area contributed by atoms with Crippen LogP contribution in [0.3, 0.4) is 0 Å². The zero-order valence-electron chi connectivity index (χ0n) is 17.4. The van der Waals surface area contributed by atoms with Crippen molar-refractivity contribution in [3.63, 3.8) is 0 Å². The first-order valence-corrected chi connectivity index (χ1v) is 11.1. The Bertz CT molecular complexity index is 1020. The van der Waals surface area contributed by atoms with E-state index < -0.39 is 0 Å². The van der Waals surface area contributed by atoms with Crippen LogP contribution in [0, 0.1) is 6.92 Å². The highest BCUT2D eigenvalue weighted by Gasteiger charge is 2.17. The Morgan fingerprint density at radius 1 is 1.10 bits per heavy atom. The highest BCUT2D eigenvalue weighted by Crippen LogP contribution is 2.19. The molecule has 1 aliphatic rings. The summed E-state index contributed by atoms with van der Waals surface area (Å²) in [5.41, 5.74) is 5.60. The summed E-state index contributed by atoms with van der Waals surface area (Å²) in [6, 6.07) is 20.1. The highest BCUT2D eigenvalue weighted by molar-refractivity contribution is 9.10. The molecule has 2 heterocycles. The molecular formula is C24H25BrN4O2. The number of rotatable bonds is 6. The van der Waals surface area contributed by atoms with Gasteiger partial charge in [-0.05, 0) is 52.7 Å². The molecule has 160 valence electrons. The van der Waals surface area contributed by atoms with Gasteiger partial charge in [-0.3, -0.25) is 9.69 Å². The summed E-state index contributed by atoms with van der Waals surface area (Å²) in [6.07, 6.45) is 1.49. The molecule has 1 amide bonds. The van der Waals surface area contributed by atoms with Crippen LogP contribution in [0.2, 0.25) is 0 Å². The molecule has 1 N–H and O–H groups in total. The van der Waals surface area contributed by atoms with E-state index in [1.54, 1.807) is 6.07 Å². The summed E-state index contributed by atoms with van der Waals surface area (Å²) in [7, 11) is 0. The Labute approximate surface area is 190 Å². The molecule has 1 aliphatic heterocycles. The number of hydrazone groups is 1. The second-order valence-corrected chi connectivity index (χ2v) is 8.40. The van der Waals surface area contributed by atoms with Crippen LogP contribution >= 0.6 is 15.9 Å². The predicted molar refractivity (Wildman–Crippen MR) is 127 cm³/mol. The summed E-state index contributed by atoms with van der Waals surface area (Å²) in [4.78, 5) is 17.2. The Morgan fingerprint density at radius 2 is 1.81 bits per heavy atom. The molecule has 0 atom stereocenters. The highest BCUT2D eigenvalue weighted by atomic mass is 79.9. The van der Waals surface area contributed by atoms with Crippen molar-refractivity contribution < 1.29 is 9.21 Å². The fraction of sp³-hybridized carbons (Fsp3) is 0.250. The van der Waals surface area contributed by atoms with Gasteiger partial charge >= 0.3 is 0 Å². The fourth-order valence-electron chi connectivity index (χ4n) is 3.59. The van der Waals surface area contributed by atoms with Crippen molar-refractivity contribution >= 4 is 33.7 Å². The molecule has 3 aromatic rings. The van der Waals surface area contributed by atoms with Gasteiger partial charge < -0.3 is 9.32 Å². The molecule has 2 aromatic carbocycles. The number of benzene rings is 2. The van der Waals surface area contributed by atoms with Crippen molar-refractivity contribution in [1.29, 1.82) is 0 Å². The summed E-state index contributed by atoms with van der Waals surface area (Å²) in [5.74, 6) is 1.10. The first-order valence-electron chi connectivity index (χ1n) is 10.3. The zero-order valence-corrected chi connectivity index (χ0v) is 19.0. The normalized spacial score (nSPS) is 14.8. The second kappa shape index (κ2) is 9.94. The number of amides is 1. The van der Waals surface area contributed by atoms with Gasteiger partial charge in [0, 0.05) is 50.0 Å². The van der Waals surface area contributed by atoms with E-state index in [4.69, 9.17) is 4.42 Å². The predicted octanol–water partition coefficient (Wildman–Crippen LogP) is 4.44. The maximum Gasteiger partial charge on any atom is 0.271 e. The third-order valence-corrected chi connectivity index (χ3v) is 6.14. The van der Waals surface area contributed by atoms with E-state index in [0.29, 0.717) is 11.3 Å². The number of carbonyl (C=O) groups excluding carboxylic acids is 1. The van der Waals surface area contributed by atoms with E-state index in [9.17, 15) is 4.79 Å². The van der Waals surface area contributed by atoms with Gasteiger partial charge in [0.2, 0.25) is 0 Å². The van der Waals surface area contributed by atoms with Crippen LogP contribution in [0.15, 0.2) is 74.7 Å². The molecule has 0 saturated carbocycles. The van der Waals surface area contributed by atoms with Gasteiger partial charge in [-0.25, -0.2) is 5.43 Å². The molecule has 31 heavy (non-hydrogen) atoms. The molecule has 1 aromatic heterocycles. The Hall–Kier alpha value is -2.90. The van der Waals surface area contributed by atoms with Crippen molar-refractivity contribution in [3.05, 3.63) is 87.8 Å². The summed E-state index contributed by atoms with van der Waals surface area (Å²) in [6.45, 7) is 6.82. The number of nitrogens with zero attached hydrogens (tertiary/aromatic N) is 3. The molecule has 0 bridgehead atoms. The number of aryl methyl sites for hydroxylation is 1. The molecule has 1 fully saturated rings. The molecule has 6 nitrogen and oxygen atoms in total. The lowest BCUT2D eigenvalue weighted by Gasteiger charge is -2.36. The number of nitrogens with one attached hydrogen (secondary N) is 1. The van der Waals surface area contributed by atoms with Crippen molar-refractivity contribution in [3.8, 4) is 0 Å². The smallest absolute Gasteiger partial charge is 0.271 e. The van der Waals surface area contributed by atoms with E-state index in [1.165, 1.54) is 17.5 Å². The van der Waals surface area contributed by atoms with Crippen LogP contribution in [0.25, 0.3) is 0 Å². The number of furan rings is 1. The van der Waals surface area contributed by atoms with Crippen LogP contribution in [0.1, 0.15) is 27.4 Å². The minimum Gasteiger partial charge on any atom is -0.459 e. The molecule has 0 unspecified atom stereocenters. The number of hydrogen-bond acceptors (Lipinski definition) is 5. The standard InChI is InChI=1S/C24H25BrN4O2/c1-18-23(25)15-22(31-18)16-26-27-24(30)20-9-7-19(8-10-20)17-28-11-13-29(14-12-28)21-5-3-2-4-6-21/h2-10,15-16H,11-14,17H2,1H3,(H,27,30)/b26-16-. The fourth-order valence-corrected chi connectivity index (χ4v) is 3.89. The lowest BCUT2D eigenvalue weighted by Crippen LogP contribution is -2.45. The lowest BCUT2D eigenvalue weighted by molar-refractivity contribution is 0.0955. The van der Waals surface area contributed by atoms with Gasteiger partial charge in [0.25, 0.3) is 5.91 Å². The van der Waals surface area contributed by atoms with Crippen LogP contribution in [0.4, 0.5) is 5.69 Å². The molecule has 0 spiro atoms. The Morgan fingerprint density at radius 3 is 2.45 bits per heavy atom. The number of carbonyl (C=O) groups is 1. The summed E-state index contributed by atoms with van der Waals surface area (Å²) >= 11 is 3.38. The van der Waals surface area contributed by atoms with Gasteiger partial charge in [0.1, 0.15) is 11.5 Å². The zero-order chi connectivity index (χ0) is 21.6. The third kappa shape index (κ3) is 5.62. The minimum absolute atomic E-state index is 0.249. The first-order chi connectivity index (χ1) is 15.1. The number of hydrogen-bond donors (Lipinski definition) is 1. The molecule has 0 aliphatic carbocycles. The van der Waals surface area contributed by atoms with Crippen molar-refractivity contribution in [2.75, 3.05) is 31.1 Å². The SMILES string of the molecule is Cc1oc(/C=N\NC(=O)c2ccc(CN3CCN(c4ccccc4)CC3)cc2)cc1Br. The monoisotopic (exact) mass is 480 g/mol. The van der Waals surface area contributed by atoms with Gasteiger partial charge in [-0.2, -0.15) is 5.10 Å². The van der Waals surface area contributed by atoms with Gasteiger partial charge in [0.15, 0.2) is 0 Å². The molecule has 7 heteroatoms. The third-order valence-electron chi connectivity index (χ3n) is 5.35. The van der Waals surface area contributed by atoms with Crippen LogP contribution < -0.4 is 10.3 Å². The maximum atomic E-state index is 12.3. The molecule has 0 radical (unpaired) electrons. The Balaban J connectivity index is 1.26. The van der Waals surface area contributed by atoms with E-state index in [0.717, 1.165) is 43.0 Å². The van der Waals surface area contributed by atoms with Gasteiger partial charge in [0.05, 0.1) is 10.7 Å². The van der Waals surface area contributed by atoms with Crippen LogP contribution in [0.5, 0.6) is 0 Å². The first kappa shape index (κ1) is 21.3. The number of para-hydroxylation sites is 1.